The fourth-order valence-corrected chi connectivity index (χ4v) is 9.87. The molecule has 1 amide bonds. The second kappa shape index (κ2) is 59.9. The van der Waals surface area contributed by atoms with Crippen molar-refractivity contribution in [1.29, 1.82) is 0 Å². The fourth-order valence-electron chi connectivity index (χ4n) is 9.87. The Labute approximate surface area is 437 Å². The van der Waals surface area contributed by atoms with Gasteiger partial charge >= 0.3 is 5.97 Å². The Balaban J connectivity index is 3.40. The molecule has 0 bridgehead atoms. The number of rotatable bonds is 59. The molecule has 0 rings (SSSR count). The number of aliphatic hydroxyl groups excluding tert-OH is 2. The maximum atomic E-state index is 12.5. The first-order valence-electron chi connectivity index (χ1n) is 31.6. The summed E-state index contributed by atoms with van der Waals surface area (Å²) in [6.07, 6.45) is 73.3. The standard InChI is InChI=1S/C64H123NO5/c1-3-5-7-9-11-13-15-17-19-26-30-34-38-42-46-50-54-58-64(69)70-59-55-51-47-43-39-35-31-28-25-23-21-20-22-24-27-29-33-37-41-45-49-53-57-63(68)65-61(60-66)62(67)56-52-48-44-40-36-32-18-16-14-12-10-8-6-4-2/h17,19,22,24,61-62,66-67H,3-16,18,20-21,23,25-60H2,1-2H3,(H,65,68)/b19-17-,24-22-. The zero-order chi connectivity index (χ0) is 50.7. The van der Waals surface area contributed by atoms with Crippen LogP contribution in [0.1, 0.15) is 348 Å². The minimum absolute atomic E-state index is 0.00707. The summed E-state index contributed by atoms with van der Waals surface area (Å²) in [4.78, 5) is 24.6. The van der Waals surface area contributed by atoms with Gasteiger partial charge in [-0.1, -0.05) is 282 Å². The molecule has 2 unspecified atom stereocenters. The minimum atomic E-state index is -0.668. The first-order chi connectivity index (χ1) is 34.5. The Hall–Kier alpha value is -1.66. The van der Waals surface area contributed by atoms with Gasteiger partial charge in [-0.2, -0.15) is 0 Å². The van der Waals surface area contributed by atoms with E-state index in [2.05, 4.69) is 43.5 Å². The van der Waals surface area contributed by atoms with Crippen LogP contribution in [0.25, 0.3) is 0 Å². The molecule has 0 aromatic rings. The summed E-state index contributed by atoms with van der Waals surface area (Å²) in [7, 11) is 0. The first-order valence-corrected chi connectivity index (χ1v) is 31.6. The highest BCUT2D eigenvalue weighted by Crippen LogP contribution is 2.17. The summed E-state index contributed by atoms with van der Waals surface area (Å²) in [6, 6.07) is -0.546. The van der Waals surface area contributed by atoms with Crippen LogP contribution < -0.4 is 5.32 Å². The Morgan fingerprint density at radius 1 is 0.386 bits per heavy atom. The lowest BCUT2D eigenvalue weighted by atomic mass is 10.0. The van der Waals surface area contributed by atoms with Crippen LogP contribution in [0.2, 0.25) is 0 Å². The maximum Gasteiger partial charge on any atom is 0.305 e. The first kappa shape index (κ1) is 68.3. The molecule has 0 aromatic heterocycles. The smallest absolute Gasteiger partial charge is 0.305 e. The molecule has 0 aliphatic heterocycles. The van der Waals surface area contributed by atoms with E-state index in [1.54, 1.807) is 0 Å². The molecule has 70 heavy (non-hydrogen) atoms. The van der Waals surface area contributed by atoms with E-state index in [1.165, 1.54) is 270 Å². The zero-order valence-electron chi connectivity index (χ0n) is 47.3. The third-order valence-electron chi connectivity index (χ3n) is 14.7. The van der Waals surface area contributed by atoms with Crippen molar-refractivity contribution < 1.29 is 24.5 Å². The number of carbonyl (C=O) groups excluding carboxylic acids is 2. The molecule has 6 nitrogen and oxygen atoms in total. The molecule has 0 saturated carbocycles. The van der Waals surface area contributed by atoms with Gasteiger partial charge in [0, 0.05) is 12.8 Å². The van der Waals surface area contributed by atoms with Gasteiger partial charge in [0.15, 0.2) is 0 Å². The van der Waals surface area contributed by atoms with Crippen molar-refractivity contribution in [3.63, 3.8) is 0 Å². The molecule has 2 atom stereocenters. The Morgan fingerprint density at radius 3 is 1.01 bits per heavy atom. The van der Waals surface area contributed by atoms with Crippen LogP contribution in [0, 0.1) is 0 Å². The molecular weight excluding hydrogens is 863 g/mol. The molecule has 0 saturated heterocycles. The van der Waals surface area contributed by atoms with Crippen molar-refractivity contribution >= 4 is 11.9 Å². The van der Waals surface area contributed by atoms with Gasteiger partial charge in [0.25, 0.3) is 0 Å². The number of aliphatic hydroxyl groups is 2. The lowest BCUT2D eigenvalue weighted by Gasteiger charge is -2.22. The number of unbranched alkanes of at least 4 members (excludes halogenated alkanes) is 44. The van der Waals surface area contributed by atoms with E-state index in [9.17, 15) is 19.8 Å². The lowest BCUT2D eigenvalue weighted by Crippen LogP contribution is -2.45. The average Bonchev–Trinajstić information content (AvgIpc) is 3.36. The predicted molar refractivity (Wildman–Crippen MR) is 306 cm³/mol. The van der Waals surface area contributed by atoms with Crippen LogP contribution in [0.15, 0.2) is 24.3 Å². The van der Waals surface area contributed by atoms with Crippen LogP contribution >= 0.6 is 0 Å². The molecule has 0 radical (unpaired) electrons. The molecule has 0 heterocycles. The number of carbonyl (C=O) groups is 2. The average molecular weight is 987 g/mol. The molecule has 0 aliphatic rings. The van der Waals surface area contributed by atoms with Gasteiger partial charge in [-0.15, -0.1) is 0 Å². The summed E-state index contributed by atoms with van der Waals surface area (Å²) >= 11 is 0. The largest absolute Gasteiger partial charge is 0.466 e. The van der Waals surface area contributed by atoms with Crippen LogP contribution in [0.3, 0.4) is 0 Å². The predicted octanol–water partition coefficient (Wildman–Crippen LogP) is 19.8. The summed E-state index contributed by atoms with van der Waals surface area (Å²) in [5, 5.41) is 23.3. The summed E-state index contributed by atoms with van der Waals surface area (Å²) in [5.74, 6) is -0.0334. The van der Waals surface area contributed by atoms with Gasteiger partial charge in [0.1, 0.15) is 0 Å². The molecular formula is C64H123NO5. The van der Waals surface area contributed by atoms with E-state index in [-0.39, 0.29) is 18.5 Å². The number of amides is 1. The summed E-state index contributed by atoms with van der Waals surface area (Å²) in [6.45, 7) is 4.96. The number of hydrogen-bond donors (Lipinski definition) is 3. The number of allylic oxidation sites excluding steroid dienone is 4. The third-order valence-corrected chi connectivity index (χ3v) is 14.7. The maximum absolute atomic E-state index is 12.5. The summed E-state index contributed by atoms with van der Waals surface area (Å²) < 4.78 is 5.49. The summed E-state index contributed by atoms with van der Waals surface area (Å²) in [5.41, 5.74) is 0. The Bertz CT molecular complexity index is 1090. The second-order valence-corrected chi connectivity index (χ2v) is 21.7. The van der Waals surface area contributed by atoms with Gasteiger partial charge in [-0.25, -0.2) is 0 Å². The zero-order valence-corrected chi connectivity index (χ0v) is 47.3. The van der Waals surface area contributed by atoms with Crippen LogP contribution in [-0.4, -0.2) is 47.4 Å². The van der Waals surface area contributed by atoms with E-state index in [1.807, 2.05) is 0 Å². The van der Waals surface area contributed by atoms with Gasteiger partial charge in [0.05, 0.1) is 25.4 Å². The quantitative estimate of drug-likeness (QED) is 0.0321. The van der Waals surface area contributed by atoms with Crippen molar-refractivity contribution in [3.8, 4) is 0 Å². The molecule has 6 heteroatoms. The normalized spacial score (nSPS) is 12.7. The number of nitrogens with one attached hydrogen (secondary N) is 1. The lowest BCUT2D eigenvalue weighted by molar-refractivity contribution is -0.143. The van der Waals surface area contributed by atoms with E-state index in [0.29, 0.717) is 25.9 Å². The molecule has 0 spiro atoms. The number of hydrogen-bond acceptors (Lipinski definition) is 5. The van der Waals surface area contributed by atoms with Crippen molar-refractivity contribution in [2.45, 2.75) is 360 Å². The van der Waals surface area contributed by atoms with Gasteiger partial charge < -0.3 is 20.3 Å². The van der Waals surface area contributed by atoms with Gasteiger partial charge in [-0.05, 0) is 77.0 Å². The number of ether oxygens (including phenoxy) is 1. The topological polar surface area (TPSA) is 95.9 Å². The molecule has 0 aromatic carbocycles. The monoisotopic (exact) mass is 986 g/mol. The second-order valence-electron chi connectivity index (χ2n) is 21.7. The number of esters is 1. The van der Waals surface area contributed by atoms with Crippen molar-refractivity contribution in [3.05, 3.63) is 24.3 Å². The highest BCUT2D eigenvalue weighted by Gasteiger charge is 2.20. The van der Waals surface area contributed by atoms with E-state index in [0.717, 1.165) is 44.9 Å². The van der Waals surface area contributed by atoms with E-state index < -0.39 is 12.1 Å². The molecule has 3 N–H and O–H groups in total. The highest BCUT2D eigenvalue weighted by molar-refractivity contribution is 5.76. The highest BCUT2D eigenvalue weighted by atomic mass is 16.5. The van der Waals surface area contributed by atoms with Crippen molar-refractivity contribution in [2.24, 2.45) is 0 Å². The fraction of sp³-hybridized carbons (Fsp3) is 0.906. The van der Waals surface area contributed by atoms with E-state index >= 15 is 0 Å². The van der Waals surface area contributed by atoms with Crippen LogP contribution in [0.5, 0.6) is 0 Å². The SMILES string of the molecule is CCCCCCCC/C=C\CCCCCCCCCC(=O)OCCCCCCCCCCCCC/C=C\CCCCCCCCCC(=O)NC(CO)C(O)CCCCCCCCCCCCCCCC. The van der Waals surface area contributed by atoms with Crippen LogP contribution in [-0.2, 0) is 14.3 Å². The Morgan fingerprint density at radius 2 is 0.671 bits per heavy atom. The van der Waals surface area contributed by atoms with E-state index in [4.69, 9.17) is 4.74 Å². The Kier molecular flexibility index (Phi) is 58.5. The minimum Gasteiger partial charge on any atom is -0.466 e. The third kappa shape index (κ3) is 55.7. The van der Waals surface area contributed by atoms with Gasteiger partial charge in [0.2, 0.25) is 5.91 Å². The molecule has 0 fully saturated rings. The molecule has 414 valence electrons. The molecule has 0 aliphatic carbocycles. The van der Waals surface area contributed by atoms with Crippen molar-refractivity contribution in [2.75, 3.05) is 13.2 Å². The van der Waals surface area contributed by atoms with Gasteiger partial charge in [-0.3, -0.25) is 9.59 Å². The van der Waals surface area contributed by atoms with Crippen LogP contribution in [0.4, 0.5) is 0 Å². The van der Waals surface area contributed by atoms with Crippen molar-refractivity contribution in [1.82, 2.24) is 5.32 Å².